The maximum atomic E-state index is 11.4. The molecule has 2 rings (SSSR count). The summed E-state index contributed by atoms with van der Waals surface area (Å²) >= 11 is 6.08. The van der Waals surface area contributed by atoms with Crippen molar-refractivity contribution in [2.75, 3.05) is 57.0 Å². The summed E-state index contributed by atoms with van der Waals surface area (Å²) in [5, 5.41) is 4.06. The van der Waals surface area contributed by atoms with Crippen LogP contribution in [0, 0.1) is 0 Å². The Morgan fingerprint density at radius 1 is 1.22 bits per heavy atom. The zero-order valence-corrected chi connectivity index (χ0v) is 19.7. The maximum absolute atomic E-state index is 11.4. The first-order chi connectivity index (χ1) is 12.4. The second-order valence-corrected chi connectivity index (χ2v) is 8.61. The number of piperazine rings is 1. The molecule has 0 unspecified atom stereocenters. The molecule has 10 heteroatoms. The third-order valence-corrected chi connectivity index (χ3v) is 5.94. The summed E-state index contributed by atoms with van der Waals surface area (Å²) in [6.45, 7) is 6.28. The van der Waals surface area contributed by atoms with E-state index in [2.05, 4.69) is 30.9 Å². The van der Waals surface area contributed by atoms with Crippen molar-refractivity contribution in [3.8, 4) is 0 Å². The lowest BCUT2D eigenvalue weighted by molar-refractivity contribution is 0.372. The van der Waals surface area contributed by atoms with Gasteiger partial charge in [-0.05, 0) is 31.5 Å². The summed E-state index contributed by atoms with van der Waals surface area (Å²) < 4.78 is 25.4. The number of nitrogens with zero attached hydrogens (tertiary/aromatic N) is 3. The van der Waals surface area contributed by atoms with Crippen molar-refractivity contribution >= 4 is 57.2 Å². The van der Waals surface area contributed by atoms with Crippen LogP contribution in [0.5, 0.6) is 0 Å². The summed E-state index contributed by atoms with van der Waals surface area (Å²) in [5.41, 5.74) is 1.14. The molecule has 0 atom stereocenters. The van der Waals surface area contributed by atoms with Crippen LogP contribution in [0.1, 0.15) is 13.3 Å². The minimum absolute atomic E-state index is 0. The molecule has 1 saturated heterocycles. The molecule has 0 bridgehead atoms. The Hall–Kier alpha value is -0.780. The Kier molecular flexibility index (Phi) is 10.7. The van der Waals surface area contributed by atoms with Gasteiger partial charge in [0.05, 0.1) is 5.75 Å². The minimum atomic E-state index is -3.12. The van der Waals surface area contributed by atoms with Crippen molar-refractivity contribution in [1.29, 1.82) is 0 Å². The number of nitrogens with one attached hydrogen (secondary N) is 2. The lowest BCUT2D eigenvalue weighted by atomic mass is 10.2. The number of hydrogen-bond donors (Lipinski definition) is 2. The summed E-state index contributed by atoms with van der Waals surface area (Å²) in [4.78, 5) is 8.87. The van der Waals surface area contributed by atoms with E-state index in [1.807, 2.05) is 18.2 Å². The van der Waals surface area contributed by atoms with E-state index in [-0.39, 0.29) is 29.7 Å². The number of benzene rings is 1. The standard InChI is InChI=1S/C17H28ClN5O2S.HI/c1-3-26(24,25)21-9-5-8-20-17(19-2)23-12-10-22(11-13-23)16-7-4-6-15(18)14-16;/h4,6-7,14,21H,3,5,8-13H2,1-2H3,(H,19,20);1H. The molecule has 7 nitrogen and oxygen atoms in total. The molecule has 1 heterocycles. The van der Waals surface area contributed by atoms with Crippen LogP contribution < -0.4 is 14.9 Å². The molecule has 154 valence electrons. The molecule has 27 heavy (non-hydrogen) atoms. The molecule has 1 fully saturated rings. The minimum Gasteiger partial charge on any atom is -0.368 e. The van der Waals surface area contributed by atoms with Gasteiger partial charge in [0, 0.05) is 57.0 Å². The van der Waals surface area contributed by atoms with Crippen molar-refractivity contribution < 1.29 is 8.42 Å². The Bertz CT molecular complexity index is 709. The molecule has 1 aromatic rings. The largest absolute Gasteiger partial charge is 0.368 e. The normalized spacial score (nSPS) is 15.4. The first-order valence-electron chi connectivity index (χ1n) is 8.88. The molecule has 1 aliphatic rings. The van der Waals surface area contributed by atoms with Crippen molar-refractivity contribution in [2.45, 2.75) is 13.3 Å². The van der Waals surface area contributed by atoms with Crippen molar-refractivity contribution in [3.63, 3.8) is 0 Å². The van der Waals surface area contributed by atoms with E-state index in [1.54, 1.807) is 14.0 Å². The van der Waals surface area contributed by atoms with Crippen LogP contribution in [0.2, 0.25) is 5.02 Å². The van der Waals surface area contributed by atoms with Crippen LogP contribution in [0.15, 0.2) is 29.3 Å². The number of anilines is 1. The zero-order valence-electron chi connectivity index (χ0n) is 15.8. The highest BCUT2D eigenvalue weighted by atomic mass is 127. The van der Waals surface area contributed by atoms with Crippen LogP contribution in [0.4, 0.5) is 5.69 Å². The number of halogens is 2. The van der Waals surface area contributed by atoms with Gasteiger partial charge in [0.2, 0.25) is 10.0 Å². The average molecular weight is 530 g/mol. The molecule has 1 aromatic carbocycles. The summed E-state index contributed by atoms with van der Waals surface area (Å²) in [6, 6.07) is 7.92. The Morgan fingerprint density at radius 3 is 2.52 bits per heavy atom. The predicted octanol–water partition coefficient (Wildman–Crippen LogP) is 1.98. The molecule has 0 aromatic heterocycles. The van der Waals surface area contributed by atoms with Crippen LogP contribution in [-0.4, -0.2) is 71.3 Å². The lowest BCUT2D eigenvalue weighted by Crippen LogP contribution is -2.52. The lowest BCUT2D eigenvalue weighted by Gasteiger charge is -2.37. The van der Waals surface area contributed by atoms with Gasteiger partial charge in [-0.2, -0.15) is 0 Å². The highest BCUT2D eigenvalue weighted by molar-refractivity contribution is 14.0. The fourth-order valence-corrected chi connectivity index (χ4v) is 3.64. The van der Waals surface area contributed by atoms with Gasteiger partial charge < -0.3 is 15.1 Å². The molecular formula is C17H29ClIN5O2S. The summed E-state index contributed by atoms with van der Waals surface area (Å²) in [6.07, 6.45) is 0.709. The van der Waals surface area contributed by atoms with Gasteiger partial charge in [-0.15, -0.1) is 24.0 Å². The average Bonchev–Trinajstić information content (AvgIpc) is 2.65. The van der Waals surface area contributed by atoms with Crippen molar-refractivity contribution in [2.24, 2.45) is 4.99 Å². The van der Waals surface area contributed by atoms with Crippen LogP contribution in [0.25, 0.3) is 0 Å². The highest BCUT2D eigenvalue weighted by Gasteiger charge is 2.19. The molecule has 0 amide bonds. The van der Waals surface area contributed by atoms with Gasteiger partial charge in [0.1, 0.15) is 0 Å². The number of sulfonamides is 1. The molecule has 0 aliphatic carbocycles. The Morgan fingerprint density at radius 2 is 1.93 bits per heavy atom. The second kappa shape index (κ2) is 11.9. The van der Waals surface area contributed by atoms with Crippen molar-refractivity contribution in [3.05, 3.63) is 29.3 Å². The van der Waals surface area contributed by atoms with Gasteiger partial charge in [0.25, 0.3) is 0 Å². The Labute approximate surface area is 184 Å². The number of aliphatic imine (C=N–C) groups is 1. The molecule has 0 radical (unpaired) electrons. The van der Waals surface area contributed by atoms with Crippen molar-refractivity contribution in [1.82, 2.24) is 14.9 Å². The van der Waals surface area contributed by atoms with E-state index in [1.165, 1.54) is 0 Å². The van der Waals surface area contributed by atoms with E-state index in [4.69, 9.17) is 11.6 Å². The predicted molar refractivity (Wildman–Crippen MR) is 124 cm³/mol. The zero-order chi connectivity index (χ0) is 19.0. The summed E-state index contributed by atoms with van der Waals surface area (Å²) in [5.74, 6) is 0.966. The monoisotopic (exact) mass is 529 g/mol. The molecule has 0 saturated carbocycles. The molecule has 0 spiro atoms. The second-order valence-electron chi connectivity index (χ2n) is 6.08. The van der Waals surface area contributed by atoms with E-state index in [0.29, 0.717) is 19.5 Å². The van der Waals surface area contributed by atoms with Crippen LogP contribution >= 0.6 is 35.6 Å². The number of hydrogen-bond acceptors (Lipinski definition) is 4. The number of rotatable bonds is 7. The third-order valence-electron chi connectivity index (χ3n) is 4.30. The SMILES string of the molecule is CCS(=O)(=O)NCCCNC(=NC)N1CCN(c2cccc(Cl)c2)CC1.I. The van der Waals surface area contributed by atoms with Gasteiger partial charge >= 0.3 is 0 Å². The highest BCUT2D eigenvalue weighted by Crippen LogP contribution is 2.20. The summed E-state index contributed by atoms with van der Waals surface area (Å²) in [7, 11) is -1.35. The van der Waals surface area contributed by atoms with Crippen LogP contribution in [-0.2, 0) is 10.0 Å². The van der Waals surface area contributed by atoms with Crippen LogP contribution in [0.3, 0.4) is 0 Å². The van der Waals surface area contributed by atoms with Gasteiger partial charge in [-0.25, -0.2) is 13.1 Å². The first kappa shape index (κ1) is 24.3. The first-order valence-corrected chi connectivity index (χ1v) is 10.9. The number of guanidine groups is 1. The fourth-order valence-electron chi connectivity index (χ4n) is 2.80. The molecular weight excluding hydrogens is 501 g/mol. The smallest absolute Gasteiger partial charge is 0.211 e. The topological polar surface area (TPSA) is 77.0 Å². The fraction of sp³-hybridized carbons (Fsp3) is 0.588. The molecule has 1 aliphatic heterocycles. The van der Waals surface area contributed by atoms with E-state index in [0.717, 1.165) is 42.8 Å². The quantitative estimate of drug-likeness (QED) is 0.245. The van der Waals surface area contributed by atoms with E-state index in [9.17, 15) is 8.42 Å². The maximum Gasteiger partial charge on any atom is 0.211 e. The van der Waals surface area contributed by atoms with E-state index >= 15 is 0 Å². The Balaban J connectivity index is 0.00000364. The van der Waals surface area contributed by atoms with Gasteiger partial charge in [-0.1, -0.05) is 17.7 Å². The van der Waals surface area contributed by atoms with E-state index < -0.39 is 10.0 Å². The van der Waals surface area contributed by atoms with Gasteiger partial charge in [-0.3, -0.25) is 4.99 Å². The van der Waals surface area contributed by atoms with Gasteiger partial charge in [0.15, 0.2) is 5.96 Å². The molecule has 2 N–H and O–H groups in total. The third kappa shape index (κ3) is 8.00.